The first-order chi connectivity index (χ1) is 19.4. The van der Waals surface area contributed by atoms with Gasteiger partial charge in [0.2, 0.25) is 0 Å². The van der Waals surface area contributed by atoms with Crippen molar-refractivity contribution in [1.29, 1.82) is 5.26 Å². The number of halogens is 3. The molecule has 0 spiro atoms. The van der Waals surface area contributed by atoms with Crippen molar-refractivity contribution < 1.29 is 32.6 Å². The number of ether oxygens (including phenoxy) is 1. The summed E-state index contributed by atoms with van der Waals surface area (Å²) in [5.41, 5.74) is 1.12. The minimum atomic E-state index is -2.67. The number of aromatic nitrogens is 3. The lowest BCUT2D eigenvalue weighted by atomic mass is 9.80. The molecule has 3 heterocycles. The summed E-state index contributed by atoms with van der Waals surface area (Å²) in [7, 11) is 0. The van der Waals surface area contributed by atoms with Crippen molar-refractivity contribution in [1.82, 2.24) is 25.2 Å². The van der Waals surface area contributed by atoms with E-state index < -0.39 is 43.3 Å². The molecule has 4 N–H and O–H groups in total. The maximum Gasteiger partial charge on any atom is 0.407 e. The van der Waals surface area contributed by atoms with Gasteiger partial charge < -0.3 is 25.8 Å². The highest BCUT2D eigenvalue weighted by Gasteiger charge is 2.32. The number of alkyl carbamates (subject to hydrolysis) is 1. The van der Waals surface area contributed by atoms with Crippen molar-refractivity contribution in [3.63, 3.8) is 0 Å². The van der Waals surface area contributed by atoms with Crippen LogP contribution >= 0.6 is 0 Å². The molecule has 1 fully saturated rings. The van der Waals surface area contributed by atoms with Gasteiger partial charge in [-0.3, -0.25) is 9.78 Å². The zero-order chi connectivity index (χ0) is 29.7. The predicted octanol–water partition coefficient (Wildman–Crippen LogP) is 3.29. The molecule has 41 heavy (non-hydrogen) atoms. The van der Waals surface area contributed by atoms with E-state index in [0.29, 0.717) is 41.0 Å². The van der Waals surface area contributed by atoms with Gasteiger partial charge in [-0.1, -0.05) is 0 Å². The molecule has 1 atom stereocenters. The number of carbonyl (C=O) groups is 2. The van der Waals surface area contributed by atoms with Crippen LogP contribution in [-0.4, -0.2) is 75.6 Å². The summed E-state index contributed by atoms with van der Waals surface area (Å²) < 4.78 is 45.3. The average molecular weight is 574 g/mol. The summed E-state index contributed by atoms with van der Waals surface area (Å²) in [4.78, 5) is 29.0. The first-order valence-corrected chi connectivity index (χ1v) is 12.9. The number of aliphatic hydroxyl groups is 1. The van der Waals surface area contributed by atoms with Gasteiger partial charge in [0.1, 0.15) is 12.2 Å². The fraction of sp³-hybridized carbons (Fsp3) is 0.444. The summed E-state index contributed by atoms with van der Waals surface area (Å²) in [5, 5.41) is 31.1. The first kappa shape index (κ1) is 29.6. The minimum absolute atomic E-state index is 0.00410. The Labute approximate surface area is 233 Å². The Balaban J connectivity index is 1.49. The molecule has 1 aliphatic rings. The SMILES string of the molecule is CC(C)(O)[C@H](F)CNC(=O)c1cnc(-c2ccc3cc(C#N)cnn23)cc1NC1CC(COC(=O)NCC(F)F)C1. The third kappa shape index (κ3) is 7.43. The quantitative estimate of drug-likeness (QED) is 0.273. The number of fused-ring (bicyclic) bond motifs is 1. The molecule has 4 rings (SSSR count). The monoisotopic (exact) mass is 573 g/mol. The molecule has 1 saturated carbocycles. The van der Waals surface area contributed by atoms with Crippen molar-refractivity contribution in [2.24, 2.45) is 5.92 Å². The van der Waals surface area contributed by atoms with E-state index in [1.54, 1.807) is 28.8 Å². The summed E-state index contributed by atoms with van der Waals surface area (Å²) in [6.07, 6.45) is -1.32. The number of rotatable bonds is 11. The molecule has 0 radical (unpaired) electrons. The van der Waals surface area contributed by atoms with Crippen LogP contribution in [0.1, 0.15) is 42.6 Å². The number of hydrogen-bond donors (Lipinski definition) is 4. The third-order valence-electron chi connectivity index (χ3n) is 6.70. The van der Waals surface area contributed by atoms with Crippen molar-refractivity contribution in [3.8, 4) is 17.5 Å². The van der Waals surface area contributed by atoms with E-state index in [4.69, 9.17) is 10.00 Å². The standard InChI is InChI=1S/C27H30F3N7O4/c1-27(2,40)23(28)12-33-25(38)19-11-32-21(22-4-3-18-7-16(9-31)10-35-37(18)22)8-20(19)36-17-5-15(6-17)14-41-26(39)34-13-24(29)30/h3-4,7-8,10-11,15,17,23-24,40H,5-6,12-14H2,1-2H3,(H,32,36)(H,33,38)(H,34,39)/t15?,17?,23-/m1/s1. The highest BCUT2D eigenvalue weighted by Crippen LogP contribution is 2.33. The molecule has 0 aromatic carbocycles. The smallest absolute Gasteiger partial charge is 0.407 e. The Kier molecular flexibility index (Phi) is 8.97. The number of carbonyl (C=O) groups excluding carboxylic acids is 2. The van der Waals surface area contributed by atoms with E-state index in [1.807, 2.05) is 11.4 Å². The van der Waals surface area contributed by atoms with Crippen molar-refractivity contribution in [3.05, 3.63) is 47.8 Å². The Morgan fingerprint density at radius 1 is 1.20 bits per heavy atom. The average Bonchev–Trinajstić information content (AvgIpc) is 3.34. The second-order valence-corrected chi connectivity index (χ2v) is 10.4. The lowest BCUT2D eigenvalue weighted by Gasteiger charge is -2.36. The Morgan fingerprint density at radius 3 is 2.63 bits per heavy atom. The van der Waals surface area contributed by atoms with E-state index in [0.717, 1.165) is 0 Å². The maximum atomic E-state index is 14.3. The van der Waals surface area contributed by atoms with Crippen LogP contribution in [0.4, 0.5) is 23.7 Å². The first-order valence-electron chi connectivity index (χ1n) is 12.9. The molecular formula is C27H30F3N7O4. The second kappa shape index (κ2) is 12.4. The summed E-state index contributed by atoms with van der Waals surface area (Å²) in [6, 6.07) is 8.85. The Morgan fingerprint density at radius 2 is 1.95 bits per heavy atom. The van der Waals surface area contributed by atoms with Crippen molar-refractivity contribution >= 4 is 23.2 Å². The van der Waals surface area contributed by atoms with Crippen molar-refractivity contribution in [2.45, 2.75) is 50.9 Å². The summed E-state index contributed by atoms with van der Waals surface area (Å²) in [6.45, 7) is 1.48. The van der Waals surface area contributed by atoms with E-state index in [2.05, 4.69) is 20.7 Å². The molecule has 1 aliphatic carbocycles. The van der Waals surface area contributed by atoms with Crippen LogP contribution in [-0.2, 0) is 4.74 Å². The van der Waals surface area contributed by atoms with E-state index in [-0.39, 0.29) is 24.1 Å². The molecular weight excluding hydrogens is 543 g/mol. The Hall–Kier alpha value is -4.38. The lowest BCUT2D eigenvalue weighted by Crippen LogP contribution is -2.42. The molecule has 0 aliphatic heterocycles. The largest absolute Gasteiger partial charge is 0.449 e. The zero-order valence-corrected chi connectivity index (χ0v) is 22.4. The van der Waals surface area contributed by atoms with Crippen LogP contribution in [0.25, 0.3) is 16.9 Å². The molecule has 3 aromatic heterocycles. The molecule has 0 saturated heterocycles. The van der Waals surface area contributed by atoms with Crippen LogP contribution in [0.3, 0.4) is 0 Å². The van der Waals surface area contributed by atoms with E-state index in [1.165, 1.54) is 26.2 Å². The second-order valence-electron chi connectivity index (χ2n) is 10.4. The van der Waals surface area contributed by atoms with Gasteiger partial charge in [-0.15, -0.1) is 0 Å². The normalized spacial score (nSPS) is 17.4. The van der Waals surface area contributed by atoms with Crippen LogP contribution in [0.5, 0.6) is 0 Å². The molecule has 2 amide bonds. The zero-order valence-electron chi connectivity index (χ0n) is 22.4. The van der Waals surface area contributed by atoms with Crippen LogP contribution in [0.2, 0.25) is 0 Å². The third-order valence-corrected chi connectivity index (χ3v) is 6.70. The van der Waals surface area contributed by atoms with Gasteiger partial charge in [0, 0.05) is 12.2 Å². The summed E-state index contributed by atoms with van der Waals surface area (Å²) >= 11 is 0. The number of nitrogens with one attached hydrogen (secondary N) is 3. The molecule has 14 heteroatoms. The molecule has 0 bridgehead atoms. The molecule has 218 valence electrons. The molecule has 11 nitrogen and oxygen atoms in total. The van der Waals surface area contributed by atoms with Gasteiger partial charge in [-0.25, -0.2) is 22.5 Å². The van der Waals surface area contributed by atoms with Crippen LogP contribution in [0.15, 0.2) is 36.7 Å². The highest BCUT2D eigenvalue weighted by atomic mass is 19.3. The number of hydrogen-bond acceptors (Lipinski definition) is 8. The number of pyridine rings is 1. The van der Waals surface area contributed by atoms with E-state index in [9.17, 15) is 27.9 Å². The van der Waals surface area contributed by atoms with E-state index >= 15 is 0 Å². The number of amides is 2. The fourth-order valence-corrected chi connectivity index (χ4v) is 4.29. The van der Waals surface area contributed by atoms with Gasteiger partial charge in [0.25, 0.3) is 12.3 Å². The van der Waals surface area contributed by atoms with Crippen molar-refractivity contribution in [2.75, 3.05) is 25.0 Å². The van der Waals surface area contributed by atoms with Crippen LogP contribution in [0, 0.1) is 17.2 Å². The molecule has 0 unspecified atom stereocenters. The van der Waals surface area contributed by atoms with Gasteiger partial charge in [-0.05, 0) is 56.9 Å². The van der Waals surface area contributed by atoms with Gasteiger partial charge in [0.15, 0.2) is 0 Å². The number of nitrogens with zero attached hydrogens (tertiary/aromatic N) is 4. The summed E-state index contributed by atoms with van der Waals surface area (Å²) in [5.74, 6) is -0.597. The predicted molar refractivity (Wildman–Crippen MR) is 142 cm³/mol. The minimum Gasteiger partial charge on any atom is -0.449 e. The highest BCUT2D eigenvalue weighted by molar-refractivity contribution is 6.00. The van der Waals surface area contributed by atoms with Gasteiger partial charge in [-0.2, -0.15) is 10.4 Å². The van der Waals surface area contributed by atoms with Crippen LogP contribution < -0.4 is 16.0 Å². The number of nitriles is 1. The molecule has 3 aromatic rings. The number of alkyl halides is 3. The Bertz CT molecular complexity index is 1440. The van der Waals surface area contributed by atoms with Gasteiger partial charge >= 0.3 is 6.09 Å². The lowest BCUT2D eigenvalue weighted by molar-refractivity contribution is -0.00178. The fourth-order valence-electron chi connectivity index (χ4n) is 4.29. The maximum absolute atomic E-state index is 14.3. The van der Waals surface area contributed by atoms with Gasteiger partial charge in [0.05, 0.1) is 65.2 Å². The number of anilines is 1. The topological polar surface area (TPSA) is 154 Å².